The minimum atomic E-state index is -4.57. The van der Waals surface area contributed by atoms with E-state index in [1.54, 1.807) is 55.4 Å². The Labute approximate surface area is 221 Å². The number of alkyl halides is 3. The van der Waals surface area contributed by atoms with Gasteiger partial charge in [0.05, 0.1) is 17.8 Å². The predicted octanol–water partition coefficient (Wildman–Crippen LogP) is 5.11. The number of fused-ring (bicyclic) bond motifs is 1. The highest BCUT2D eigenvalue weighted by molar-refractivity contribution is 6.07. The van der Waals surface area contributed by atoms with E-state index < -0.39 is 17.6 Å². The summed E-state index contributed by atoms with van der Waals surface area (Å²) < 4.78 is 40.8. The molecule has 10 nitrogen and oxygen atoms in total. The number of urea groups is 1. The number of hydrogen-bond acceptors (Lipinski definition) is 6. The lowest BCUT2D eigenvalue weighted by molar-refractivity contribution is -0.137. The summed E-state index contributed by atoms with van der Waals surface area (Å²) in [6.45, 7) is 1.99. The minimum Gasteiger partial charge on any atom is -0.322 e. The van der Waals surface area contributed by atoms with Crippen molar-refractivity contribution in [2.75, 3.05) is 27.5 Å². The maximum Gasteiger partial charge on any atom is 0.416 e. The fourth-order valence-corrected chi connectivity index (χ4v) is 4.17. The van der Waals surface area contributed by atoms with Gasteiger partial charge in [0.15, 0.2) is 5.82 Å². The number of carbonyl (C=O) groups is 2. The number of nitrogens with one attached hydrogen (secondary N) is 2. The molecule has 0 bridgehead atoms. The molecular formula is C26H23F3N8O2. The van der Waals surface area contributed by atoms with Crippen LogP contribution in [-0.4, -0.2) is 38.7 Å². The van der Waals surface area contributed by atoms with Gasteiger partial charge in [-0.05, 0) is 42.8 Å². The lowest BCUT2D eigenvalue weighted by atomic mass is 10.1. The third-order valence-electron chi connectivity index (χ3n) is 6.17. The van der Waals surface area contributed by atoms with E-state index in [0.717, 1.165) is 17.7 Å². The van der Waals surface area contributed by atoms with Crippen LogP contribution in [0.1, 0.15) is 27.0 Å². The average molecular weight is 537 g/mol. The van der Waals surface area contributed by atoms with Crippen LogP contribution in [0.5, 0.6) is 0 Å². The van der Waals surface area contributed by atoms with Crippen LogP contribution in [0, 0.1) is 6.92 Å². The van der Waals surface area contributed by atoms with Gasteiger partial charge in [-0.1, -0.05) is 12.1 Å². The van der Waals surface area contributed by atoms with Crippen molar-refractivity contribution < 1.29 is 22.8 Å². The van der Waals surface area contributed by atoms with Crippen LogP contribution in [0.4, 0.5) is 46.9 Å². The number of amides is 3. The number of benzene rings is 2. The van der Waals surface area contributed by atoms with Crippen molar-refractivity contribution in [2.24, 2.45) is 7.05 Å². The zero-order chi connectivity index (χ0) is 27.9. The maximum absolute atomic E-state index is 13.4. The number of hydrogen-bond donors (Lipinski definition) is 2. The first-order valence-corrected chi connectivity index (χ1v) is 11.8. The van der Waals surface area contributed by atoms with Gasteiger partial charge >= 0.3 is 12.2 Å². The Morgan fingerprint density at radius 2 is 1.87 bits per heavy atom. The number of nitrogens with zero attached hydrogens (tertiary/aromatic N) is 6. The Morgan fingerprint density at radius 1 is 1.08 bits per heavy atom. The molecule has 2 N–H and O–H groups in total. The number of aryl methyl sites for hydroxylation is 2. The number of anilines is 5. The van der Waals surface area contributed by atoms with Crippen molar-refractivity contribution in [3.63, 3.8) is 0 Å². The number of rotatable bonds is 5. The van der Waals surface area contributed by atoms with Crippen molar-refractivity contribution in [3.05, 3.63) is 83.2 Å². The van der Waals surface area contributed by atoms with Gasteiger partial charge in [0.2, 0.25) is 5.95 Å². The number of aromatic nitrogens is 4. The Bertz CT molecular complexity index is 1580. The van der Waals surface area contributed by atoms with Crippen LogP contribution in [0.2, 0.25) is 0 Å². The molecule has 0 unspecified atom stereocenters. The van der Waals surface area contributed by atoms with E-state index >= 15 is 0 Å². The molecule has 1 aliphatic rings. The van der Waals surface area contributed by atoms with Crippen LogP contribution in [0.25, 0.3) is 0 Å². The molecule has 0 aliphatic carbocycles. The van der Waals surface area contributed by atoms with Crippen LogP contribution < -0.4 is 20.4 Å². The van der Waals surface area contributed by atoms with Crippen molar-refractivity contribution in [1.82, 2.24) is 19.7 Å². The van der Waals surface area contributed by atoms with Crippen LogP contribution in [0.3, 0.4) is 0 Å². The van der Waals surface area contributed by atoms with E-state index in [9.17, 15) is 22.8 Å². The summed E-state index contributed by atoms with van der Waals surface area (Å²) in [6.07, 6.45) is -1.17. The lowest BCUT2D eigenvalue weighted by Gasteiger charge is -2.35. The van der Waals surface area contributed by atoms with Gasteiger partial charge in [0, 0.05) is 49.4 Å². The Kier molecular flexibility index (Phi) is 6.42. The molecule has 0 saturated carbocycles. The molecule has 2 aromatic heterocycles. The predicted molar refractivity (Wildman–Crippen MR) is 139 cm³/mol. The Morgan fingerprint density at radius 3 is 2.59 bits per heavy atom. The van der Waals surface area contributed by atoms with Gasteiger partial charge in [-0.3, -0.25) is 19.3 Å². The molecule has 0 spiro atoms. The van der Waals surface area contributed by atoms with E-state index in [1.165, 1.54) is 21.9 Å². The second-order valence-corrected chi connectivity index (χ2v) is 9.00. The maximum atomic E-state index is 13.4. The largest absolute Gasteiger partial charge is 0.416 e. The molecule has 0 fully saturated rings. The molecule has 2 aromatic carbocycles. The molecule has 0 radical (unpaired) electrons. The molecule has 3 heterocycles. The first-order chi connectivity index (χ1) is 18.5. The number of halogens is 3. The zero-order valence-corrected chi connectivity index (χ0v) is 21.1. The van der Waals surface area contributed by atoms with Crippen molar-refractivity contribution in [3.8, 4) is 0 Å². The van der Waals surface area contributed by atoms with Gasteiger partial charge in [-0.2, -0.15) is 23.3 Å². The molecule has 5 rings (SSSR count). The average Bonchev–Trinajstić information content (AvgIpc) is 3.31. The summed E-state index contributed by atoms with van der Waals surface area (Å²) in [7, 11) is 3.38. The fourth-order valence-electron chi connectivity index (χ4n) is 4.17. The summed E-state index contributed by atoms with van der Waals surface area (Å²) in [6, 6.07) is 10.5. The normalized spacial score (nSPS) is 13.3. The van der Waals surface area contributed by atoms with Gasteiger partial charge < -0.3 is 10.6 Å². The SMILES string of the molecule is Cc1ccc(NC(=O)c2cccc(C(F)(F)F)c2)cc1N1Cc2cnc(Nc3ccn(C)n3)nc2N(C)C1=O. The third kappa shape index (κ3) is 5.23. The van der Waals surface area contributed by atoms with Gasteiger partial charge in [0.1, 0.15) is 5.82 Å². The second kappa shape index (κ2) is 9.74. The summed E-state index contributed by atoms with van der Waals surface area (Å²) in [5.74, 6) is 0.584. The van der Waals surface area contributed by atoms with Crippen LogP contribution in [-0.2, 0) is 19.8 Å². The fraction of sp³-hybridized carbons (Fsp3) is 0.192. The van der Waals surface area contributed by atoms with Crippen molar-refractivity contribution >= 4 is 40.9 Å². The van der Waals surface area contributed by atoms with E-state index in [-0.39, 0.29) is 24.1 Å². The highest BCUT2D eigenvalue weighted by atomic mass is 19.4. The minimum absolute atomic E-state index is 0.137. The highest BCUT2D eigenvalue weighted by Crippen LogP contribution is 2.34. The summed E-state index contributed by atoms with van der Waals surface area (Å²) in [5, 5.41) is 9.86. The molecule has 39 heavy (non-hydrogen) atoms. The quantitative estimate of drug-likeness (QED) is 0.367. The summed E-state index contributed by atoms with van der Waals surface area (Å²) in [4.78, 5) is 37.8. The van der Waals surface area contributed by atoms with E-state index in [0.29, 0.717) is 28.6 Å². The molecule has 4 aromatic rings. The molecule has 200 valence electrons. The smallest absolute Gasteiger partial charge is 0.322 e. The molecule has 13 heteroatoms. The van der Waals surface area contributed by atoms with E-state index in [2.05, 4.69) is 25.7 Å². The monoisotopic (exact) mass is 536 g/mol. The van der Waals surface area contributed by atoms with Crippen LogP contribution in [0.15, 0.2) is 60.9 Å². The Balaban J connectivity index is 1.38. The van der Waals surface area contributed by atoms with E-state index in [4.69, 9.17) is 0 Å². The first-order valence-electron chi connectivity index (χ1n) is 11.8. The summed E-state index contributed by atoms with van der Waals surface area (Å²) >= 11 is 0. The highest BCUT2D eigenvalue weighted by Gasteiger charge is 2.32. The first kappa shape index (κ1) is 25.7. The Hall–Kier alpha value is -4.94. The van der Waals surface area contributed by atoms with Gasteiger partial charge in [-0.25, -0.2) is 9.78 Å². The molecular weight excluding hydrogens is 513 g/mol. The third-order valence-corrected chi connectivity index (χ3v) is 6.17. The van der Waals surface area contributed by atoms with E-state index in [1.807, 2.05) is 6.92 Å². The molecule has 1 aliphatic heterocycles. The molecule has 0 saturated heterocycles. The topological polar surface area (TPSA) is 108 Å². The van der Waals surface area contributed by atoms with Crippen LogP contribution >= 0.6 is 0 Å². The van der Waals surface area contributed by atoms with Gasteiger partial charge in [0.25, 0.3) is 5.91 Å². The second-order valence-electron chi connectivity index (χ2n) is 9.00. The zero-order valence-electron chi connectivity index (χ0n) is 21.1. The summed E-state index contributed by atoms with van der Waals surface area (Å²) in [5.41, 5.74) is 1.25. The van der Waals surface area contributed by atoms with Gasteiger partial charge in [-0.15, -0.1) is 0 Å². The van der Waals surface area contributed by atoms with Crippen molar-refractivity contribution in [1.29, 1.82) is 0 Å². The lowest BCUT2D eigenvalue weighted by Crippen LogP contribution is -2.46. The van der Waals surface area contributed by atoms with Crippen molar-refractivity contribution in [2.45, 2.75) is 19.6 Å². The standard InChI is InChI=1S/C26H23F3N8O2/c1-15-7-8-19(31-23(38)16-5-4-6-18(11-16)26(27,28)29)12-20(15)37-14-17-13-30-24(32-21-9-10-35(2)34-21)33-22(17)36(3)25(37)39/h4-13H,14H2,1-3H3,(H,31,38)(H,30,32,33,34). The molecule has 0 atom stereocenters. The molecule has 3 amide bonds. The number of carbonyl (C=O) groups excluding carboxylic acids is 2.